The van der Waals surface area contributed by atoms with E-state index in [1.54, 1.807) is 18.2 Å². The van der Waals surface area contributed by atoms with E-state index in [0.29, 0.717) is 19.6 Å². The summed E-state index contributed by atoms with van der Waals surface area (Å²) in [5.41, 5.74) is 0.611. The molecule has 8 heteroatoms. The second-order valence-corrected chi connectivity index (χ2v) is 6.13. The van der Waals surface area contributed by atoms with Crippen molar-refractivity contribution in [2.75, 3.05) is 31.0 Å². The minimum atomic E-state index is -0.727. The average Bonchev–Trinajstić information content (AvgIpc) is 3.19. The molecule has 2 aromatic rings. The van der Waals surface area contributed by atoms with Gasteiger partial charge in [-0.3, -0.25) is 14.6 Å². The number of benzene rings is 1. The molecule has 2 N–H and O–H groups in total. The van der Waals surface area contributed by atoms with E-state index < -0.39 is 23.7 Å². The molecule has 2 amide bonds. The van der Waals surface area contributed by atoms with Crippen LogP contribution in [0.1, 0.15) is 16.9 Å². The van der Waals surface area contributed by atoms with E-state index in [1.165, 1.54) is 25.4 Å². The summed E-state index contributed by atoms with van der Waals surface area (Å²) in [6.07, 6.45) is 1.48. The molecule has 0 spiro atoms. The van der Waals surface area contributed by atoms with Crippen molar-refractivity contribution in [1.82, 2.24) is 4.98 Å². The van der Waals surface area contributed by atoms with Gasteiger partial charge in [0.1, 0.15) is 17.6 Å². The molecule has 1 aliphatic heterocycles. The average molecular weight is 373 g/mol. The first-order valence-corrected chi connectivity index (χ1v) is 8.52. The Hall–Kier alpha value is -2.84. The van der Waals surface area contributed by atoms with Crippen molar-refractivity contribution in [3.05, 3.63) is 54.1 Å². The molecule has 0 bridgehead atoms. The Morgan fingerprint density at radius 3 is 2.78 bits per heavy atom. The highest BCUT2D eigenvalue weighted by Gasteiger charge is 2.31. The fourth-order valence-corrected chi connectivity index (χ4v) is 2.92. The van der Waals surface area contributed by atoms with Crippen LogP contribution in [-0.4, -0.2) is 43.2 Å². The summed E-state index contributed by atoms with van der Waals surface area (Å²) in [4.78, 5) is 28.9. The highest BCUT2D eigenvalue weighted by molar-refractivity contribution is 6.06. The highest BCUT2D eigenvalue weighted by Crippen LogP contribution is 2.26. The van der Waals surface area contributed by atoms with E-state index in [9.17, 15) is 14.0 Å². The molecule has 7 nitrogen and oxygen atoms in total. The number of pyridine rings is 1. The van der Waals surface area contributed by atoms with Gasteiger partial charge >= 0.3 is 0 Å². The third kappa shape index (κ3) is 4.66. The zero-order chi connectivity index (χ0) is 19.2. The molecule has 1 fully saturated rings. The Morgan fingerprint density at radius 2 is 2.11 bits per heavy atom. The van der Waals surface area contributed by atoms with Gasteiger partial charge in [0.15, 0.2) is 0 Å². The lowest BCUT2D eigenvalue weighted by Crippen LogP contribution is -2.36. The number of hydrogen-bond acceptors (Lipinski definition) is 5. The SMILES string of the molecule is COC(C(=O)Nc1cc(F)ccc1NC(=O)c1ccccn1)C1CCOC1. The van der Waals surface area contributed by atoms with Gasteiger partial charge in [-0.25, -0.2) is 4.39 Å². The third-order valence-electron chi connectivity index (χ3n) is 4.29. The van der Waals surface area contributed by atoms with Crippen molar-refractivity contribution < 1.29 is 23.5 Å². The molecule has 2 heterocycles. The van der Waals surface area contributed by atoms with Crippen LogP contribution in [0.3, 0.4) is 0 Å². The second-order valence-electron chi connectivity index (χ2n) is 6.13. The molecular weight excluding hydrogens is 353 g/mol. The van der Waals surface area contributed by atoms with Gasteiger partial charge in [0.05, 0.1) is 18.0 Å². The lowest BCUT2D eigenvalue weighted by atomic mass is 10.0. The van der Waals surface area contributed by atoms with Gasteiger partial charge in [0, 0.05) is 25.8 Å². The molecule has 0 saturated carbocycles. The fourth-order valence-electron chi connectivity index (χ4n) is 2.92. The van der Waals surface area contributed by atoms with Crippen LogP contribution < -0.4 is 10.6 Å². The maximum absolute atomic E-state index is 13.7. The van der Waals surface area contributed by atoms with Gasteiger partial charge in [0.2, 0.25) is 0 Å². The third-order valence-corrected chi connectivity index (χ3v) is 4.29. The van der Waals surface area contributed by atoms with Gasteiger partial charge in [0.25, 0.3) is 11.8 Å². The van der Waals surface area contributed by atoms with Gasteiger partial charge in [-0.1, -0.05) is 6.07 Å². The molecule has 2 atom stereocenters. The van der Waals surface area contributed by atoms with Gasteiger partial charge in [-0.15, -0.1) is 0 Å². The van der Waals surface area contributed by atoms with Crippen LogP contribution in [0.25, 0.3) is 0 Å². The Balaban J connectivity index is 1.77. The molecule has 0 aliphatic carbocycles. The summed E-state index contributed by atoms with van der Waals surface area (Å²) in [6, 6.07) is 8.65. The molecule has 1 aliphatic rings. The van der Waals surface area contributed by atoms with Gasteiger partial charge < -0.3 is 20.1 Å². The zero-order valence-electron chi connectivity index (χ0n) is 14.8. The number of nitrogens with zero attached hydrogens (tertiary/aromatic N) is 1. The van der Waals surface area contributed by atoms with Crippen LogP contribution in [-0.2, 0) is 14.3 Å². The molecule has 1 saturated heterocycles. The molecular formula is C19H20FN3O4. The number of rotatable bonds is 6. The number of carbonyl (C=O) groups is 2. The van der Waals surface area contributed by atoms with Crippen molar-refractivity contribution in [2.45, 2.75) is 12.5 Å². The predicted octanol–water partition coefficient (Wildman–Crippen LogP) is 2.46. The monoisotopic (exact) mass is 373 g/mol. The van der Waals surface area contributed by atoms with Gasteiger partial charge in [-0.05, 0) is 36.8 Å². The number of halogens is 1. The second kappa shape index (κ2) is 8.70. The molecule has 142 valence electrons. The van der Waals surface area contributed by atoms with Crippen LogP contribution in [0.2, 0.25) is 0 Å². The first-order valence-electron chi connectivity index (χ1n) is 8.52. The van der Waals surface area contributed by atoms with Crippen LogP contribution in [0.5, 0.6) is 0 Å². The van der Waals surface area contributed by atoms with Crippen molar-refractivity contribution in [1.29, 1.82) is 0 Å². The first-order chi connectivity index (χ1) is 13.1. The van der Waals surface area contributed by atoms with E-state index in [-0.39, 0.29) is 23.0 Å². The Morgan fingerprint density at radius 1 is 1.26 bits per heavy atom. The van der Waals surface area contributed by atoms with E-state index in [2.05, 4.69) is 15.6 Å². The first kappa shape index (κ1) is 18.9. The maximum atomic E-state index is 13.7. The number of ether oxygens (including phenoxy) is 2. The molecule has 3 rings (SSSR count). The quantitative estimate of drug-likeness (QED) is 0.812. The number of amides is 2. The zero-order valence-corrected chi connectivity index (χ0v) is 14.8. The molecule has 27 heavy (non-hydrogen) atoms. The van der Waals surface area contributed by atoms with Crippen molar-refractivity contribution >= 4 is 23.2 Å². The standard InChI is InChI=1S/C19H20FN3O4/c1-26-17(12-7-9-27-11-12)19(25)23-16-10-13(20)5-6-14(16)22-18(24)15-4-2-3-8-21-15/h2-6,8,10,12,17H,7,9,11H2,1H3,(H,22,24)(H,23,25). The smallest absolute Gasteiger partial charge is 0.274 e. The maximum Gasteiger partial charge on any atom is 0.274 e. The summed E-state index contributed by atoms with van der Waals surface area (Å²) in [6.45, 7) is 1.00. The van der Waals surface area contributed by atoms with Crippen molar-refractivity contribution in [3.63, 3.8) is 0 Å². The van der Waals surface area contributed by atoms with Gasteiger partial charge in [-0.2, -0.15) is 0 Å². The lowest BCUT2D eigenvalue weighted by molar-refractivity contribution is -0.128. The molecule has 1 aromatic heterocycles. The minimum absolute atomic E-state index is 0.0740. The number of aromatic nitrogens is 1. The Labute approximate surface area is 155 Å². The number of hydrogen-bond donors (Lipinski definition) is 2. The normalized spacial score (nSPS) is 17.3. The van der Waals surface area contributed by atoms with Crippen molar-refractivity contribution in [3.8, 4) is 0 Å². The number of methoxy groups -OCH3 is 1. The fraction of sp³-hybridized carbons (Fsp3) is 0.316. The largest absolute Gasteiger partial charge is 0.381 e. The van der Waals surface area contributed by atoms with Crippen LogP contribution >= 0.6 is 0 Å². The van der Waals surface area contributed by atoms with Crippen LogP contribution in [0.15, 0.2) is 42.6 Å². The van der Waals surface area contributed by atoms with Crippen LogP contribution in [0, 0.1) is 11.7 Å². The van der Waals surface area contributed by atoms with Crippen molar-refractivity contribution in [2.24, 2.45) is 5.92 Å². The summed E-state index contributed by atoms with van der Waals surface area (Å²) in [5.74, 6) is -1.51. The summed E-state index contributed by atoms with van der Waals surface area (Å²) in [5, 5.41) is 5.28. The summed E-state index contributed by atoms with van der Waals surface area (Å²) >= 11 is 0. The highest BCUT2D eigenvalue weighted by atomic mass is 19.1. The summed E-state index contributed by atoms with van der Waals surface area (Å²) < 4.78 is 24.3. The number of nitrogens with one attached hydrogen (secondary N) is 2. The Bertz CT molecular complexity index is 810. The number of carbonyl (C=O) groups excluding carboxylic acids is 2. The van der Waals surface area contributed by atoms with E-state index in [1.807, 2.05) is 0 Å². The summed E-state index contributed by atoms with van der Waals surface area (Å²) in [7, 11) is 1.44. The topological polar surface area (TPSA) is 89.6 Å². The van der Waals surface area contributed by atoms with E-state index >= 15 is 0 Å². The lowest BCUT2D eigenvalue weighted by Gasteiger charge is -2.21. The van der Waals surface area contributed by atoms with E-state index in [0.717, 1.165) is 6.07 Å². The molecule has 1 aromatic carbocycles. The molecule has 2 unspecified atom stereocenters. The predicted molar refractivity (Wildman–Crippen MR) is 96.9 cm³/mol. The van der Waals surface area contributed by atoms with E-state index in [4.69, 9.17) is 9.47 Å². The number of anilines is 2. The minimum Gasteiger partial charge on any atom is -0.381 e. The molecule has 0 radical (unpaired) electrons. The Kier molecular flexibility index (Phi) is 6.10. The van der Waals surface area contributed by atoms with Crippen LogP contribution in [0.4, 0.5) is 15.8 Å².